The molecule has 0 aliphatic heterocycles. The molecule has 4 unspecified atom stereocenters. The number of aromatic amines is 1. The lowest BCUT2D eigenvalue weighted by atomic mass is 9.76. The normalized spacial score (nSPS) is 24.3. The van der Waals surface area contributed by atoms with Gasteiger partial charge in [-0.25, -0.2) is 14.0 Å². The molecule has 152 valence electrons. The summed E-state index contributed by atoms with van der Waals surface area (Å²) < 4.78 is 15.1. The van der Waals surface area contributed by atoms with E-state index in [9.17, 15) is 9.00 Å². The van der Waals surface area contributed by atoms with Crippen molar-refractivity contribution in [3.63, 3.8) is 0 Å². The fourth-order valence-corrected chi connectivity index (χ4v) is 5.34. The number of benzene rings is 1. The molecule has 5 nitrogen and oxygen atoms in total. The van der Waals surface area contributed by atoms with Gasteiger partial charge in [-0.1, -0.05) is 48.6 Å². The topological polar surface area (TPSA) is 74.8 Å². The van der Waals surface area contributed by atoms with Crippen molar-refractivity contribution >= 4 is 11.0 Å². The summed E-state index contributed by atoms with van der Waals surface area (Å²) in [5, 5.41) is 6.82. The van der Waals surface area contributed by atoms with Crippen molar-refractivity contribution in [3.05, 3.63) is 86.9 Å². The molecule has 0 fully saturated rings. The SMILES string of the molecule is Cc1n[nH]c(=O)c2c1CCC(NS(C)=O)C2Cc1cccc(C2C=CC=CC2)c1. The number of hydrogen-bond donors (Lipinski definition) is 2. The van der Waals surface area contributed by atoms with E-state index in [0.29, 0.717) is 5.92 Å². The number of nitrogens with one attached hydrogen (secondary N) is 2. The summed E-state index contributed by atoms with van der Waals surface area (Å²) in [5.74, 6) is 0.357. The lowest BCUT2D eigenvalue weighted by Gasteiger charge is -2.33. The van der Waals surface area contributed by atoms with Crippen molar-refractivity contribution in [3.8, 4) is 0 Å². The zero-order valence-corrected chi connectivity index (χ0v) is 17.7. The Morgan fingerprint density at radius 2 is 2.17 bits per heavy atom. The third-order valence-electron chi connectivity index (χ3n) is 6.03. The largest absolute Gasteiger partial charge is 0.268 e. The van der Waals surface area contributed by atoms with E-state index in [-0.39, 0.29) is 17.5 Å². The fourth-order valence-electron chi connectivity index (χ4n) is 4.64. The van der Waals surface area contributed by atoms with Crippen molar-refractivity contribution in [2.24, 2.45) is 0 Å². The lowest BCUT2D eigenvalue weighted by molar-refractivity contribution is 0.432. The third-order valence-corrected chi connectivity index (χ3v) is 6.66. The minimum Gasteiger partial charge on any atom is -0.268 e. The third kappa shape index (κ3) is 4.33. The number of nitrogens with zero attached hydrogens (tertiary/aromatic N) is 1. The highest BCUT2D eigenvalue weighted by molar-refractivity contribution is 7.82. The highest BCUT2D eigenvalue weighted by Gasteiger charge is 2.33. The molecule has 0 radical (unpaired) electrons. The summed E-state index contributed by atoms with van der Waals surface area (Å²) in [6, 6.07) is 8.65. The second kappa shape index (κ2) is 8.59. The van der Waals surface area contributed by atoms with Gasteiger partial charge in [0.05, 0.1) is 16.7 Å². The first-order chi connectivity index (χ1) is 14.0. The van der Waals surface area contributed by atoms with Crippen molar-refractivity contribution in [1.82, 2.24) is 14.9 Å². The predicted molar refractivity (Wildman–Crippen MR) is 117 cm³/mol. The average molecular weight is 410 g/mol. The Morgan fingerprint density at radius 3 is 2.93 bits per heavy atom. The Kier molecular flexibility index (Phi) is 5.92. The van der Waals surface area contributed by atoms with Gasteiger partial charge in [0.1, 0.15) is 0 Å². The van der Waals surface area contributed by atoms with Crippen LogP contribution in [0.4, 0.5) is 0 Å². The summed E-state index contributed by atoms with van der Waals surface area (Å²) in [5.41, 5.74) is 5.11. The van der Waals surface area contributed by atoms with Crippen molar-refractivity contribution in [2.45, 2.75) is 50.5 Å². The molecule has 4 rings (SSSR count). The number of H-pyrrole nitrogens is 1. The molecule has 2 N–H and O–H groups in total. The summed E-state index contributed by atoms with van der Waals surface area (Å²) in [6.45, 7) is 1.95. The van der Waals surface area contributed by atoms with E-state index in [1.165, 1.54) is 11.1 Å². The van der Waals surface area contributed by atoms with Crippen LogP contribution >= 0.6 is 0 Å². The second-order valence-electron chi connectivity index (χ2n) is 7.96. The molecule has 2 aliphatic rings. The Bertz CT molecular complexity index is 1040. The van der Waals surface area contributed by atoms with Gasteiger partial charge in [-0.2, -0.15) is 5.10 Å². The Morgan fingerprint density at radius 1 is 1.31 bits per heavy atom. The predicted octanol–water partition coefficient (Wildman–Crippen LogP) is 3.20. The minimum atomic E-state index is -1.13. The first kappa shape index (κ1) is 20.0. The zero-order valence-electron chi connectivity index (χ0n) is 16.9. The number of rotatable bonds is 5. The van der Waals surface area contributed by atoms with E-state index < -0.39 is 11.0 Å². The first-order valence-corrected chi connectivity index (χ1v) is 11.7. The van der Waals surface area contributed by atoms with E-state index in [4.69, 9.17) is 0 Å². The molecule has 0 saturated heterocycles. The highest BCUT2D eigenvalue weighted by Crippen LogP contribution is 2.34. The van der Waals surface area contributed by atoms with Gasteiger partial charge in [-0.3, -0.25) is 4.79 Å². The molecule has 0 bridgehead atoms. The summed E-state index contributed by atoms with van der Waals surface area (Å²) in [7, 11) is -1.13. The van der Waals surface area contributed by atoms with Crippen molar-refractivity contribution in [1.29, 1.82) is 0 Å². The number of fused-ring (bicyclic) bond motifs is 1. The average Bonchev–Trinajstić information content (AvgIpc) is 2.72. The molecular formula is C23H27N3O2S. The maximum Gasteiger partial charge on any atom is 0.268 e. The Hall–Kier alpha value is -2.31. The minimum absolute atomic E-state index is 0.00241. The van der Waals surface area contributed by atoms with Gasteiger partial charge in [-0.15, -0.1) is 0 Å². The molecule has 0 amide bonds. The number of hydrogen-bond acceptors (Lipinski definition) is 3. The lowest BCUT2D eigenvalue weighted by Crippen LogP contribution is -2.43. The van der Waals surface area contributed by atoms with Crippen LogP contribution in [0.25, 0.3) is 0 Å². The van der Waals surface area contributed by atoms with Crippen LogP contribution in [0.2, 0.25) is 0 Å². The van der Waals surface area contributed by atoms with Gasteiger partial charge >= 0.3 is 0 Å². The monoisotopic (exact) mass is 409 g/mol. The standard InChI is InChI=1S/C23H27N3O2S/c1-15-19-11-12-21(26-29(2)28)20(22(19)23(27)25-24-15)14-16-7-6-10-18(13-16)17-8-4-3-5-9-17/h3-8,10,13,17,20-21,26H,9,11-12,14H2,1-2H3,(H,25,27). The molecule has 1 heterocycles. The van der Waals surface area contributed by atoms with Crippen LogP contribution in [0.5, 0.6) is 0 Å². The molecule has 2 aromatic rings. The molecule has 29 heavy (non-hydrogen) atoms. The van der Waals surface area contributed by atoms with Gasteiger partial charge in [0.15, 0.2) is 0 Å². The van der Waals surface area contributed by atoms with Crippen LogP contribution in [0, 0.1) is 6.92 Å². The zero-order chi connectivity index (χ0) is 20.4. The molecule has 2 aliphatic carbocycles. The van der Waals surface area contributed by atoms with Gasteiger partial charge < -0.3 is 0 Å². The summed E-state index contributed by atoms with van der Waals surface area (Å²) >= 11 is 0. The number of allylic oxidation sites excluding steroid dienone is 4. The first-order valence-electron chi connectivity index (χ1n) is 10.1. The highest BCUT2D eigenvalue weighted by atomic mass is 32.2. The Labute approximate surface area is 173 Å². The van der Waals surface area contributed by atoms with E-state index in [1.54, 1.807) is 6.26 Å². The number of aromatic nitrogens is 2. The molecule has 4 atom stereocenters. The summed E-state index contributed by atoms with van der Waals surface area (Å²) in [6.07, 6.45) is 13.6. The van der Waals surface area contributed by atoms with Crippen LogP contribution in [0.3, 0.4) is 0 Å². The quantitative estimate of drug-likeness (QED) is 0.796. The number of aryl methyl sites for hydroxylation is 1. The molecule has 1 aromatic carbocycles. The van der Waals surface area contributed by atoms with Gasteiger partial charge in [0.2, 0.25) is 0 Å². The molecule has 0 saturated carbocycles. The van der Waals surface area contributed by atoms with E-state index in [0.717, 1.165) is 42.5 Å². The van der Waals surface area contributed by atoms with Crippen LogP contribution in [0.1, 0.15) is 52.6 Å². The maximum absolute atomic E-state index is 12.7. The molecule has 1 aromatic heterocycles. The second-order valence-corrected chi connectivity index (χ2v) is 9.10. The van der Waals surface area contributed by atoms with E-state index in [2.05, 4.69) is 63.5 Å². The van der Waals surface area contributed by atoms with E-state index in [1.807, 2.05) is 6.92 Å². The molecular weight excluding hydrogens is 382 g/mol. The van der Waals surface area contributed by atoms with Gasteiger partial charge in [-0.05, 0) is 49.3 Å². The fraction of sp³-hybridized carbons (Fsp3) is 0.391. The van der Waals surface area contributed by atoms with Crippen molar-refractivity contribution < 1.29 is 4.21 Å². The van der Waals surface area contributed by atoms with Gasteiger partial charge in [0, 0.05) is 29.7 Å². The van der Waals surface area contributed by atoms with Crippen LogP contribution in [-0.4, -0.2) is 26.7 Å². The smallest absolute Gasteiger partial charge is 0.268 e. The van der Waals surface area contributed by atoms with Crippen LogP contribution in [0.15, 0.2) is 53.4 Å². The van der Waals surface area contributed by atoms with Crippen LogP contribution in [-0.2, 0) is 23.8 Å². The van der Waals surface area contributed by atoms with E-state index >= 15 is 0 Å². The summed E-state index contributed by atoms with van der Waals surface area (Å²) in [4.78, 5) is 12.7. The van der Waals surface area contributed by atoms with Crippen molar-refractivity contribution in [2.75, 3.05) is 6.26 Å². The van der Waals surface area contributed by atoms with Crippen LogP contribution < -0.4 is 10.3 Å². The molecule has 6 heteroatoms. The van der Waals surface area contributed by atoms with Gasteiger partial charge in [0.25, 0.3) is 5.56 Å². The maximum atomic E-state index is 12.7. The molecule has 0 spiro atoms. The Balaban J connectivity index is 1.69.